The predicted molar refractivity (Wildman–Crippen MR) is 104 cm³/mol. The molecule has 1 aromatic carbocycles. The number of amides is 1. The molecule has 1 amide bonds. The number of aromatic amines is 1. The number of H-pyrrole nitrogens is 1. The number of nitrogens with one attached hydrogen (secondary N) is 2. The van der Waals surface area contributed by atoms with Gasteiger partial charge in [-0.1, -0.05) is 18.2 Å². The number of carbonyl (C=O) groups excluding carboxylic acids is 1. The van der Waals surface area contributed by atoms with Gasteiger partial charge in [0.2, 0.25) is 0 Å². The number of fused-ring (bicyclic) bond motifs is 1. The molecule has 8 nitrogen and oxygen atoms in total. The van der Waals surface area contributed by atoms with Gasteiger partial charge in [-0.05, 0) is 35.9 Å². The molecule has 142 valence electrons. The fourth-order valence-corrected chi connectivity index (χ4v) is 3.51. The Morgan fingerprint density at radius 2 is 2.17 bits per heavy atom. The van der Waals surface area contributed by atoms with Crippen molar-refractivity contribution >= 4 is 5.91 Å². The first-order valence-corrected chi connectivity index (χ1v) is 9.09. The van der Waals surface area contributed by atoms with E-state index in [-0.39, 0.29) is 5.91 Å². The van der Waals surface area contributed by atoms with Crippen molar-refractivity contribution in [3.63, 3.8) is 0 Å². The lowest BCUT2D eigenvalue weighted by molar-refractivity contribution is 0.0930. The molecule has 0 bridgehead atoms. The number of rotatable bonds is 5. The molecule has 5 rings (SSSR count). The third-order valence-corrected chi connectivity index (χ3v) is 5.04. The minimum atomic E-state index is -0.492. The summed E-state index contributed by atoms with van der Waals surface area (Å²) in [5.74, 6) is 1.02. The number of para-hydroxylation sites is 1. The molecule has 1 saturated heterocycles. The molecule has 2 aromatic heterocycles. The van der Waals surface area contributed by atoms with Gasteiger partial charge in [0.15, 0.2) is 6.19 Å². The molecular weight excluding hydrogens is 368 g/mol. The van der Waals surface area contributed by atoms with Crippen LogP contribution in [0.1, 0.15) is 10.5 Å². The molecule has 0 radical (unpaired) electrons. The molecule has 0 saturated carbocycles. The van der Waals surface area contributed by atoms with Crippen LogP contribution < -0.4 is 10.1 Å². The molecule has 8 heteroatoms. The first-order chi connectivity index (χ1) is 14.2. The Labute approximate surface area is 166 Å². The van der Waals surface area contributed by atoms with Crippen molar-refractivity contribution in [3.05, 3.63) is 72.2 Å². The van der Waals surface area contributed by atoms with E-state index in [0.717, 1.165) is 5.57 Å². The number of carbonyl (C=O) groups is 1. The lowest BCUT2D eigenvalue weighted by atomic mass is 10.1. The summed E-state index contributed by atoms with van der Waals surface area (Å²) in [6, 6.07) is 12.8. The Bertz CT molecular complexity index is 1160. The minimum Gasteiger partial charge on any atom is -0.457 e. The summed E-state index contributed by atoms with van der Waals surface area (Å²) in [6.45, 7) is 1.05. The van der Waals surface area contributed by atoms with Gasteiger partial charge in [0, 0.05) is 12.4 Å². The van der Waals surface area contributed by atoms with Crippen molar-refractivity contribution in [1.29, 1.82) is 5.26 Å². The van der Waals surface area contributed by atoms with Crippen LogP contribution in [0.25, 0.3) is 11.3 Å². The second kappa shape index (κ2) is 6.49. The molecule has 3 heterocycles. The summed E-state index contributed by atoms with van der Waals surface area (Å²) in [5, 5.41) is 19.1. The summed E-state index contributed by atoms with van der Waals surface area (Å²) in [7, 11) is 0. The fraction of sp³-hybridized carbons (Fsp3) is 0.143. The molecular formula is C21H16N6O2. The molecule has 1 aliphatic heterocycles. The Hall–Kier alpha value is -4.12. The molecule has 0 spiro atoms. The van der Waals surface area contributed by atoms with E-state index in [4.69, 9.17) is 10.00 Å². The van der Waals surface area contributed by atoms with Crippen molar-refractivity contribution in [2.75, 3.05) is 13.1 Å². The van der Waals surface area contributed by atoms with Crippen molar-refractivity contribution < 1.29 is 9.53 Å². The molecule has 29 heavy (non-hydrogen) atoms. The SMILES string of the molecule is N#CN1CC2=C[C@]2(NC(=O)c2cc(-c3cnccc3Oc3ccccc3)n[nH]2)C1. The number of benzene rings is 1. The van der Waals surface area contributed by atoms with Crippen LogP contribution in [0, 0.1) is 11.5 Å². The molecule has 3 aromatic rings. The topological polar surface area (TPSA) is 107 Å². The van der Waals surface area contributed by atoms with Gasteiger partial charge in [0.05, 0.1) is 24.3 Å². The smallest absolute Gasteiger partial charge is 0.270 e. The summed E-state index contributed by atoms with van der Waals surface area (Å²) in [6.07, 6.45) is 7.39. The van der Waals surface area contributed by atoms with Gasteiger partial charge < -0.3 is 15.0 Å². The maximum atomic E-state index is 12.7. The number of aromatic nitrogens is 3. The highest BCUT2D eigenvalue weighted by atomic mass is 16.5. The van der Waals surface area contributed by atoms with Crippen LogP contribution in [-0.2, 0) is 0 Å². The maximum Gasteiger partial charge on any atom is 0.270 e. The van der Waals surface area contributed by atoms with Crippen LogP contribution in [0.5, 0.6) is 11.5 Å². The van der Waals surface area contributed by atoms with Crippen molar-refractivity contribution in [1.82, 2.24) is 25.4 Å². The average molecular weight is 384 g/mol. The number of ether oxygens (including phenoxy) is 1. The largest absolute Gasteiger partial charge is 0.457 e. The molecule has 1 atom stereocenters. The van der Waals surface area contributed by atoms with E-state index in [1.165, 1.54) is 0 Å². The third kappa shape index (κ3) is 3.08. The van der Waals surface area contributed by atoms with Crippen LogP contribution in [0.4, 0.5) is 0 Å². The first-order valence-electron chi connectivity index (χ1n) is 9.09. The van der Waals surface area contributed by atoms with Gasteiger partial charge in [0.1, 0.15) is 22.7 Å². The number of nitrogens with zero attached hydrogens (tertiary/aromatic N) is 4. The monoisotopic (exact) mass is 384 g/mol. The van der Waals surface area contributed by atoms with E-state index in [9.17, 15) is 4.79 Å². The summed E-state index contributed by atoms with van der Waals surface area (Å²) in [5.41, 5.74) is 2.14. The van der Waals surface area contributed by atoms with E-state index in [1.807, 2.05) is 36.4 Å². The zero-order valence-corrected chi connectivity index (χ0v) is 15.3. The van der Waals surface area contributed by atoms with Crippen LogP contribution >= 0.6 is 0 Å². The minimum absolute atomic E-state index is 0.274. The second-order valence-corrected chi connectivity index (χ2v) is 7.00. The number of hydrogen-bond acceptors (Lipinski definition) is 6. The average Bonchev–Trinajstić information content (AvgIpc) is 3.10. The predicted octanol–water partition coefficient (Wildman–Crippen LogP) is 2.47. The Morgan fingerprint density at radius 3 is 2.97 bits per heavy atom. The highest BCUT2D eigenvalue weighted by molar-refractivity contribution is 5.95. The van der Waals surface area contributed by atoms with Crippen molar-refractivity contribution in [2.24, 2.45) is 0 Å². The lowest BCUT2D eigenvalue weighted by Crippen LogP contribution is -2.42. The van der Waals surface area contributed by atoms with Gasteiger partial charge in [-0.25, -0.2) is 0 Å². The van der Waals surface area contributed by atoms with Gasteiger partial charge in [-0.2, -0.15) is 10.4 Å². The standard InChI is InChI=1S/C21H16N6O2/c22-13-27-11-14-9-21(14,12-27)24-20(28)18-8-17(25-26-18)16-10-23-7-6-19(16)29-15-4-2-1-3-5-15/h1-10H,11-12H2,(H,24,28)(H,25,26)/t21-/m0/s1. The Balaban J connectivity index is 1.35. The van der Waals surface area contributed by atoms with Gasteiger partial charge >= 0.3 is 0 Å². The summed E-state index contributed by atoms with van der Waals surface area (Å²) >= 11 is 0. The molecule has 0 unspecified atom stereocenters. The van der Waals surface area contributed by atoms with Crippen LogP contribution in [-0.4, -0.2) is 44.6 Å². The zero-order valence-electron chi connectivity index (χ0n) is 15.3. The third-order valence-electron chi connectivity index (χ3n) is 5.04. The summed E-state index contributed by atoms with van der Waals surface area (Å²) in [4.78, 5) is 18.5. The van der Waals surface area contributed by atoms with Gasteiger partial charge in [0.25, 0.3) is 5.91 Å². The van der Waals surface area contributed by atoms with E-state index < -0.39 is 5.54 Å². The van der Waals surface area contributed by atoms with Gasteiger partial charge in [-0.3, -0.25) is 14.9 Å². The number of hydrogen-bond donors (Lipinski definition) is 2. The maximum absolute atomic E-state index is 12.7. The first kappa shape index (κ1) is 17.0. The second-order valence-electron chi connectivity index (χ2n) is 7.00. The lowest BCUT2D eigenvalue weighted by Gasteiger charge is -2.16. The van der Waals surface area contributed by atoms with E-state index in [1.54, 1.807) is 29.4 Å². The zero-order chi connectivity index (χ0) is 19.8. The molecule has 1 aliphatic carbocycles. The molecule has 2 N–H and O–H groups in total. The summed E-state index contributed by atoms with van der Waals surface area (Å²) < 4.78 is 5.95. The molecule has 1 fully saturated rings. The van der Waals surface area contributed by atoms with Crippen molar-refractivity contribution in [3.8, 4) is 28.9 Å². The van der Waals surface area contributed by atoms with Crippen molar-refractivity contribution in [2.45, 2.75) is 5.54 Å². The number of nitriles is 1. The highest BCUT2D eigenvalue weighted by Crippen LogP contribution is 2.41. The Kier molecular flexibility index (Phi) is 3.81. The van der Waals surface area contributed by atoms with E-state index in [2.05, 4.69) is 26.7 Å². The van der Waals surface area contributed by atoms with Gasteiger partial charge in [-0.15, -0.1) is 0 Å². The van der Waals surface area contributed by atoms with Crippen LogP contribution in [0.15, 0.2) is 66.5 Å². The Morgan fingerprint density at radius 1 is 1.31 bits per heavy atom. The molecule has 2 aliphatic rings. The van der Waals surface area contributed by atoms with E-state index >= 15 is 0 Å². The fourth-order valence-electron chi connectivity index (χ4n) is 3.51. The quantitative estimate of drug-likeness (QED) is 0.517. The van der Waals surface area contributed by atoms with Crippen LogP contribution in [0.3, 0.4) is 0 Å². The van der Waals surface area contributed by atoms with E-state index in [0.29, 0.717) is 41.5 Å². The highest BCUT2D eigenvalue weighted by Gasteiger charge is 2.52. The van der Waals surface area contributed by atoms with Crippen LogP contribution in [0.2, 0.25) is 0 Å². The number of likely N-dealkylation sites (tertiary alicyclic amines) is 1. The number of pyridine rings is 1. The normalized spacial score (nSPS) is 19.1.